The molecule has 0 aliphatic rings. The first-order valence-corrected chi connectivity index (χ1v) is 6.38. The number of carbonyl (C=O) groups excluding carboxylic acids is 1. The summed E-state index contributed by atoms with van der Waals surface area (Å²) in [5, 5.41) is 3.95. The molecule has 0 unspecified atom stereocenters. The number of aryl methyl sites for hydroxylation is 1. The fourth-order valence-corrected chi connectivity index (χ4v) is 1.81. The molecule has 0 radical (unpaired) electrons. The van der Waals surface area contributed by atoms with E-state index in [0.717, 1.165) is 11.1 Å². The number of hydrogen-bond acceptors (Lipinski definition) is 4. The zero-order valence-corrected chi connectivity index (χ0v) is 11.5. The SMILES string of the molecule is CCc1ccc(C(=O)Cn2nc(OC)ccc2=O)cc1. The van der Waals surface area contributed by atoms with E-state index >= 15 is 0 Å². The summed E-state index contributed by atoms with van der Waals surface area (Å²) < 4.78 is 6.05. The van der Waals surface area contributed by atoms with Crippen LogP contribution in [0.3, 0.4) is 0 Å². The third-order valence-corrected chi connectivity index (χ3v) is 3.03. The topological polar surface area (TPSA) is 61.2 Å². The Morgan fingerprint density at radius 1 is 1.20 bits per heavy atom. The Hall–Kier alpha value is -2.43. The van der Waals surface area contributed by atoms with E-state index in [4.69, 9.17) is 4.74 Å². The number of benzene rings is 1. The molecule has 0 saturated heterocycles. The number of Topliss-reactive ketones (excluding diaryl/α,β-unsaturated/α-hetero) is 1. The first-order valence-electron chi connectivity index (χ1n) is 6.38. The molecule has 0 saturated carbocycles. The van der Waals surface area contributed by atoms with E-state index < -0.39 is 0 Å². The summed E-state index contributed by atoms with van der Waals surface area (Å²) >= 11 is 0. The van der Waals surface area contributed by atoms with E-state index in [1.54, 1.807) is 12.1 Å². The lowest BCUT2D eigenvalue weighted by Crippen LogP contribution is -2.26. The summed E-state index contributed by atoms with van der Waals surface area (Å²) in [6.45, 7) is 1.96. The van der Waals surface area contributed by atoms with E-state index in [0.29, 0.717) is 11.4 Å². The number of hydrogen-bond donors (Lipinski definition) is 0. The molecular weight excluding hydrogens is 256 g/mol. The maximum absolute atomic E-state index is 12.1. The van der Waals surface area contributed by atoms with Gasteiger partial charge in [-0.3, -0.25) is 9.59 Å². The first kappa shape index (κ1) is 14.0. The standard InChI is InChI=1S/C15H16N2O3/c1-3-11-4-6-12(7-5-11)13(18)10-17-15(19)9-8-14(16-17)20-2/h4-9H,3,10H2,1-2H3. The number of ether oxygens (including phenoxy) is 1. The molecule has 1 aromatic heterocycles. The van der Waals surface area contributed by atoms with Gasteiger partial charge in [0.25, 0.3) is 5.56 Å². The van der Waals surface area contributed by atoms with Crippen molar-refractivity contribution in [1.29, 1.82) is 0 Å². The highest BCUT2D eigenvalue weighted by atomic mass is 16.5. The van der Waals surface area contributed by atoms with Gasteiger partial charge in [-0.25, -0.2) is 4.68 Å². The Bertz CT molecular complexity index is 660. The van der Waals surface area contributed by atoms with E-state index in [-0.39, 0.29) is 17.9 Å². The second-order valence-electron chi connectivity index (χ2n) is 4.35. The third kappa shape index (κ3) is 3.12. The Kier molecular flexibility index (Phi) is 4.30. The number of methoxy groups -OCH3 is 1. The van der Waals surface area contributed by atoms with Gasteiger partial charge in [0.15, 0.2) is 5.78 Å². The first-order chi connectivity index (χ1) is 9.63. The summed E-state index contributed by atoms with van der Waals surface area (Å²) in [4.78, 5) is 23.8. The van der Waals surface area contributed by atoms with Crippen molar-refractivity contribution in [3.63, 3.8) is 0 Å². The van der Waals surface area contributed by atoms with Crippen molar-refractivity contribution in [2.75, 3.05) is 7.11 Å². The largest absolute Gasteiger partial charge is 0.480 e. The predicted octanol–water partition coefficient (Wildman–Crippen LogP) is 1.70. The molecule has 0 spiro atoms. The summed E-state index contributed by atoms with van der Waals surface area (Å²) in [7, 11) is 1.46. The van der Waals surface area contributed by atoms with Crippen LogP contribution in [-0.2, 0) is 13.0 Å². The van der Waals surface area contributed by atoms with Gasteiger partial charge >= 0.3 is 0 Å². The van der Waals surface area contributed by atoms with Crippen molar-refractivity contribution in [2.45, 2.75) is 19.9 Å². The number of rotatable bonds is 5. The fourth-order valence-electron chi connectivity index (χ4n) is 1.81. The van der Waals surface area contributed by atoms with Gasteiger partial charge in [-0.2, -0.15) is 0 Å². The van der Waals surface area contributed by atoms with Crippen LogP contribution in [0.2, 0.25) is 0 Å². The van der Waals surface area contributed by atoms with Gasteiger partial charge in [-0.05, 0) is 12.0 Å². The average molecular weight is 272 g/mol. The predicted molar refractivity (Wildman–Crippen MR) is 75.2 cm³/mol. The van der Waals surface area contributed by atoms with Gasteiger partial charge in [-0.15, -0.1) is 5.10 Å². The molecule has 0 amide bonds. The van der Waals surface area contributed by atoms with Crippen LogP contribution in [0.4, 0.5) is 0 Å². The van der Waals surface area contributed by atoms with Crippen molar-refractivity contribution < 1.29 is 9.53 Å². The molecular formula is C15H16N2O3. The molecule has 2 aromatic rings. The molecule has 0 atom stereocenters. The number of ketones is 1. The molecule has 0 fully saturated rings. The third-order valence-electron chi connectivity index (χ3n) is 3.03. The van der Waals surface area contributed by atoms with Crippen LogP contribution in [0, 0.1) is 0 Å². The summed E-state index contributed by atoms with van der Waals surface area (Å²) in [5.74, 6) is 0.147. The van der Waals surface area contributed by atoms with E-state index in [1.807, 2.05) is 12.1 Å². The lowest BCUT2D eigenvalue weighted by atomic mass is 10.1. The molecule has 0 aliphatic carbocycles. The van der Waals surface area contributed by atoms with Gasteiger partial charge < -0.3 is 4.74 Å². The zero-order valence-electron chi connectivity index (χ0n) is 11.5. The van der Waals surface area contributed by atoms with Gasteiger partial charge in [0, 0.05) is 17.7 Å². The molecule has 2 rings (SSSR count). The Labute approximate surface area is 116 Å². The molecule has 0 N–H and O–H groups in total. The molecule has 1 aromatic carbocycles. The van der Waals surface area contributed by atoms with Crippen LogP contribution in [0.5, 0.6) is 5.88 Å². The van der Waals surface area contributed by atoms with Crippen molar-refractivity contribution in [3.8, 4) is 5.88 Å². The van der Waals surface area contributed by atoms with Crippen LogP contribution in [0.1, 0.15) is 22.8 Å². The van der Waals surface area contributed by atoms with Gasteiger partial charge in [0.2, 0.25) is 5.88 Å². The number of carbonyl (C=O) groups is 1. The van der Waals surface area contributed by atoms with Crippen molar-refractivity contribution in [1.82, 2.24) is 9.78 Å². The Morgan fingerprint density at radius 2 is 1.90 bits per heavy atom. The van der Waals surface area contributed by atoms with Crippen LogP contribution in [0.15, 0.2) is 41.2 Å². The normalized spacial score (nSPS) is 10.3. The van der Waals surface area contributed by atoms with Crippen LogP contribution < -0.4 is 10.3 Å². The number of aromatic nitrogens is 2. The van der Waals surface area contributed by atoms with Gasteiger partial charge in [0.05, 0.1) is 7.11 Å². The van der Waals surface area contributed by atoms with Crippen molar-refractivity contribution in [3.05, 3.63) is 57.9 Å². The summed E-state index contributed by atoms with van der Waals surface area (Å²) in [5.41, 5.74) is 1.40. The van der Waals surface area contributed by atoms with Crippen LogP contribution in [0.25, 0.3) is 0 Å². The van der Waals surface area contributed by atoms with E-state index in [1.165, 1.54) is 24.8 Å². The Morgan fingerprint density at radius 3 is 2.50 bits per heavy atom. The van der Waals surface area contributed by atoms with Gasteiger partial charge in [0.1, 0.15) is 6.54 Å². The van der Waals surface area contributed by atoms with Gasteiger partial charge in [-0.1, -0.05) is 31.2 Å². The molecule has 20 heavy (non-hydrogen) atoms. The molecule has 5 heteroatoms. The summed E-state index contributed by atoms with van der Waals surface area (Å²) in [6.07, 6.45) is 0.922. The number of nitrogens with zero attached hydrogens (tertiary/aromatic N) is 2. The maximum atomic E-state index is 12.1. The second-order valence-corrected chi connectivity index (χ2v) is 4.35. The van der Waals surface area contributed by atoms with Crippen molar-refractivity contribution in [2.24, 2.45) is 0 Å². The highest BCUT2D eigenvalue weighted by Gasteiger charge is 2.09. The molecule has 1 heterocycles. The minimum atomic E-state index is -0.329. The fraction of sp³-hybridized carbons (Fsp3) is 0.267. The minimum absolute atomic E-state index is 0.0957. The summed E-state index contributed by atoms with van der Waals surface area (Å²) in [6, 6.07) is 10.2. The van der Waals surface area contributed by atoms with Crippen LogP contribution in [-0.4, -0.2) is 22.7 Å². The Balaban J connectivity index is 2.20. The molecule has 0 bridgehead atoms. The zero-order chi connectivity index (χ0) is 14.5. The lowest BCUT2D eigenvalue weighted by molar-refractivity contribution is 0.0965. The molecule has 5 nitrogen and oxygen atoms in total. The smallest absolute Gasteiger partial charge is 0.267 e. The van der Waals surface area contributed by atoms with E-state index in [9.17, 15) is 9.59 Å². The highest BCUT2D eigenvalue weighted by molar-refractivity contribution is 5.95. The second kappa shape index (κ2) is 6.14. The highest BCUT2D eigenvalue weighted by Crippen LogP contribution is 2.07. The monoisotopic (exact) mass is 272 g/mol. The van der Waals surface area contributed by atoms with E-state index in [2.05, 4.69) is 12.0 Å². The minimum Gasteiger partial charge on any atom is -0.480 e. The molecule has 104 valence electrons. The average Bonchev–Trinajstić information content (AvgIpc) is 2.49. The van der Waals surface area contributed by atoms with Crippen LogP contribution >= 0.6 is 0 Å². The molecule has 0 aliphatic heterocycles. The quantitative estimate of drug-likeness (QED) is 0.777. The van der Waals surface area contributed by atoms with Crippen molar-refractivity contribution >= 4 is 5.78 Å². The lowest BCUT2D eigenvalue weighted by Gasteiger charge is -2.06. The maximum Gasteiger partial charge on any atom is 0.267 e.